The molecule has 0 bridgehead atoms. The number of thiazole rings is 1. The van der Waals surface area contributed by atoms with Crippen LogP contribution in [-0.4, -0.2) is 16.9 Å². The summed E-state index contributed by atoms with van der Waals surface area (Å²) in [5.41, 5.74) is 2.58. The van der Waals surface area contributed by atoms with Crippen LogP contribution >= 0.6 is 11.3 Å². The molecule has 2 aromatic carbocycles. The van der Waals surface area contributed by atoms with Crippen molar-refractivity contribution in [2.45, 2.75) is 13.8 Å². The Bertz CT molecular complexity index is 969. The van der Waals surface area contributed by atoms with Crippen LogP contribution in [0.2, 0.25) is 0 Å². The van der Waals surface area contributed by atoms with Crippen LogP contribution in [0.15, 0.2) is 64.0 Å². The molecule has 0 amide bonds. The Morgan fingerprint density at radius 2 is 1.80 bits per heavy atom. The summed E-state index contributed by atoms with van der Waals surface area (Å²) in [7, 11) is 0. The zero-order valence-corrected chi connectivity index (χ0v) is 14.7. The van der Waals surface area contributed by atoms with Crippen LogP contribution in [0.5, 0.6) is 0 Å². The second kappa shape index (κ2) is 7.53. The van der Waals surface area contributed by atoms with Gasteiger partial charge in [0.15, 0.2) is 0 Å². The molecular weight excluding hydrogens is 340 g/mol. The number of nitrogens with zero attached hydrogens (tertiary/aromatic N) is 3. The van der Waals surface area contributed by atoms with Gasteiger partial charge in [-0.2, -0.15) is 5.10 Å². The van der Waals surface area contributed by atoms with Crippen molar-refractivity contribution in [3.63, 3.8) is 0 Å². The number of halogens is 2. The largest absolute Gasteiger partial charge is 0.258 e. The van der Waals surface area contributed by atoms with Crippen LogP contribution in [0.25, 0.3) is 11.3 Å². The maximum Gasteiger partial charge on any atom is 0.206 e. The smallest absolute Gasteiger partial charge is 0.206 e. The third-order valence-corrected chi connectivity index (χ3v) is 4.49. The van der Waals surface area contributed by atoms with E-state index in [1.807, 2.05) is 12.3 Å². The normalized spacial score (nSPS) is 12.6. The first-order valence-corrected chi connectivity index (χ1v) is 8.75. The highest BCUT2D eigenvalue weighted by Crippen LogP contribution is 2.21. The summed E-state index contributed by atoms with van der Waals surface area (Å²) in [6.07, 6.45) is 0. The zero-order valence-electron chi connectivity index (χ0n) is 13.9. The minimum atomic E-state index is -0.322. The average molecular weight is 357 g/mol. The van der Waals surface area contributed by atoms with E-state index < -0.39 is 0 Å². The highest BCUT2D eigenvalue weighted by Gasteiger charge is 2.10. The first-order valence-electron chi connectivity index (χ1n) is 7.87. The summed E-state index contributed by atoms with van der Waals surface area (Å²) in [4.78, 5) is 5.15. The van der Waals surface area contributed by atoms with Crippen LogP contribution in [0.1, 0.15) is 19.4 Å². The lowest BCUT2D eigenvalue weighted by Gasteiger charge is -2.07. The molecule has 0 unspecified atom stereocenters. The second-order valence-electron chi connectivity index (χ2n) is 5.36. The highest BCUT2D eigenvalue weighted by atomic mass is 32.1. The van der Waals surface area contributed by atoms with E-state index in [1.165, 1.54) is 29.5 Å². The Hall–Kier alpha value is -2.60. The third kappa shape index (κ3) is 3.74. The predicted octanol–water partition coefficient (Wildman–Crippen LogP) is 4.69. The van der Waals surface area contributed by atoms with Gasteiger partial charge >= 0.3 is 0 Å². The number of aromatic nitrogens is 1. The summed E-state index contributed by atoms with van der Waals surface area (Å²) in [5, 5.41) is 6.50. The van der Waals surface area contributed by atoms with Gasteiger partial charge in [-0.1, -0.05) is 18.2 Å². The number of hydrogen-bond donors (Lipinski definition) is 0. The van der Waals surface area contributed by atoms with E-state index in [0.717, 1.165) is 11.3 Å². The Kier molecular flexibility index (Phi) is 5.19. The molecule has 0 aliphatic heterocycles. The molecule has 128 valence electrons. The molecule has 0 N–H and O–H groups in total. The van der Waals surface area contributed by atoms with E-state index in [9.17, 15) is 8.78 Å². The SMILES string of the molecule is CCN=c1scc(-c2ccc(F)cc2)n1N=C(C)c1ccccc1F. The maximum absolute atomic E-state index is 14.0. The Labute approximate surface area is 148 Å². The molecule has 6 heteroatoms. The second-order valence-corrected chi connectivity index (χ2v) is 6.20. The predicted molar refractivity (Wildman–Crippen MR) is 97.8 cm³/mol. The summed E-state index contributed by atoms with van der Waals surface area (Å²) >= 11 is 1.44. The number of rotatable bonds is 4. The van der Waals surface area contributed by atoms with Gasteiger partial charge in [-0.05, 0) is 44.2 Å². The van der Waals surface area contributed by atoms with E-state index >= 15 is 0 Å². The fourth-order valence-corrected chi connectivity index (χ4v) is 3.31. The van der Waals surface area contributed by atoms with Crippen molar-refractivity contribution in [1.82, 2.24) is 4.68 Å². The first-order chi connectivity index (χ1) is 12.1. The van der Waals surface area contributed by atoms with E-state index in [1.54, 1.807) is 41.9 Å². The summed E-state index contributed by atoms with van der Waals surface area (Å²) < 4.78 is 28.9. The van der Waals surface area contributed by atoms with Gasteiger partial charge in [-0.15, -0.1) is 11.3 Å². The van der Waals surface area contributed by atoms with Crippen molar-refractivity contribution in [3.8, 4) is 11.3 Å². The van der Waals surface area contributed by atoms with Crippen LogP contribution in [0.4, 0.5) is 8.78 Å². The van der Waals surface area contributed by atoms with Crippen molar-refractivity contribution in [2.24, 2.45) is 10.1 Å². The minimum Gasteiger partial charge on any atom is -0.258 e. The fraction of sp³-hybridized carbons (Fsp3) is 0.158. The van der Waals surface area contributed by atoms with Crippen molar-refractivity contribution in [1.29, 1.82) is 0 Å². The van der Waals surface area contributed by atoms with Crippen LogP contribution in [0, 0.1) is 11.6 Å². The molecule has 3 nitrogen and oxygen atoms in total. The van der Waals surface area contributed by atoms with Crippen molar-refractivity contribution >= 4 is 17.0 Å². The van der Waals surface area contributed by atoms with E-state index in [4.69, 9.17) is 0 Å². The molecule has 1 aromatic heterocycles. The Morgan fingerprint density at radius 1 is 1.08 bits per heavy atom. The first kappa shape index (κ1) is 17.2. The van der Waals surface area contributed by atoms with E-state index in [0.29, 0.717) is 22.6 Å². The number of benzene rings is 2. The highest BCUT2D eigenvalue weighted by molar-refractivity contribution is 7.07. The van der Waals surface area contributed by atoms with Crippen molar-refractivity contribution in [2.75, 3.05) is 6.54 Å². The molecule has 1 heterocycles. The molecule has 0 atom stereocenters. The topological polar surface area (TPSA) is 29.6 Å². The van der Waals surface area contributed by atoms with Gasteiger partial charge in [-0.25, -0.2) is 13.5 Å². The lowest BCUT2D eigenvalue weighted by atomic mass is 10.1. The van der Waals surface area contributed by atoms with Crippen molar-refractivity contribution in [3.05, 3.63) is 75.9 Å². The van der Waals surface area contributed by atoms with Crippen LogP contribution in [0.3, 0.4) is 0 Å². The van der Waals surface area contributed by atoms with Gasteiger partial charge in [0.2, 0.25) is 4.80 Å². The van der Waals surface area contributed by atoms with Gasteiger partial charge in [-0.3, -0.25) is 4.99 Å². The maximum atomic E-state index is 14.0. The van der Waals surface area contributed by atoms with Crippen molar-refractivity contribution < 1.29 is 8.78 Å². The molecule has 25 heavy (non-hydrogen) atoms. The minimum absolute atomic E-state index is 0.296. The fourth-order valence-electron chi connectivity index (χ4n) is 2.42. The van der Waals surface area contributed by atoms with Gasteiger partial charge in [0.05, 0.1) is 11.4 Å². The molecule has 0 aliphatic rings. The molecule has 3 rings (SSSR count). The molecule has 0 aliphatic carbocycles. The zero-order chi connectivity index (χ0) is 17.8. The molecule has 0 saturated heterocycles. The lowest BCUT2D eigenvalue weighted by Crippen LogP contribution is -2.15. The van der Waals surface area contributed by atoms with Crippen LogP contribution in [-0.2, 0) is 0 Å². The summed E-state index contributed by atoms with van der Waals surface area (Å²) in [6, 6.07) is 12.7. The van der Waals surface area contributed by atoms with Gasteiger partial charge in [0.1, 0.15) is 11.6 Å². The quantitative estimate of drug-likeness (QED) is 0.607. The third-order valence-electron chi connectivity index (χ3n) is 3.63. The summed E-state index contributed by atoms with van der Waals surface area (Å²) in [5.74, 6) is -0.619. The standard InChI is InChI=1S/C19H17F2N3S/c1-3-22-19-24(23-13(2)16-6-4-5-7-17(16)21)18(12-25-19)14-8-10-15(20)11-9-14/h4-12H,3H2,1-2H3. The molecule has 3 aromatic rings. The molecule has 0 spiro atoms. The van der Waals surface area contributed by atoms with Gasteiger partial charge in [0, 0.05) is 23.1 Å². The molecular formula is C19H17F2N3S. The van der Waals surface area contributed by atoms with Gasteiger partial charge in [0.25, 0.3) is 0 Å². The van der Waals surface area contributed by atoms with E-state index in [-0.39, 0.29) is 11.6 Å². The molecule has 0 fully saturated rings. The molecule has 0 saturated carbocycles. The Morgan fingerprint density at radius 3 is 2.48 bits per heavy atom. The average Bonchev–Trinajstić information content (AvgIpc) is 2.99. The van der Waals surface area contributed by atoms with Crippen LogP contribution < -0.4 is 4.80 Å². The monoisotopic (exact) mass is 357 g/mol. The number of hydrogen-bond acceptors (Lipinski definition) is 3. The van der Waals surface area contributed by atoms with Gasteiger partial charge < -0.3 is 0 Å². The van der Waals surface area contributed by atoms with E-state index in [2.05, 4.69) is 10.1 Å². The summed E-state index contributed by atoms with van der Waals surface area (Å²) in [6.45, 7) is 4.31. The Balaban J connectivity index is 2.15. The lowest BCUT2D eigenvalue weighted by molar-refractivity contribution is 0.624. The molecule has 0 radical (unpaired) electrons.